The molecular weight excluding hydrogens is 281 g/mol. The van der Waals surface area contributed by atoms with Crippen molar-refractivity contribution in [1.82, 2.24) is 5.32 Å². The number of rotatable bonds is 5. The lowest BCUT2D eigenvalue weighted by Crippen LogP contribution is -2.39. The van der Waals surface area contributed by atoms with Crippen molar-refractivity contribution in [2.45, 2.75) is 31.7 Å². The van der Waals surface area contributed by atoms with Crippen LogP contribution in [0.4, 0.5) is 4.39 Å². The summed E-state index contributed by atoms with van der Waals surface area (Å²) in [6.45, 7) is 0.644. The van der Waals surface area contributed by atoms with E-state index in [1.165, 1.54) is 12.1 Å². The van der Waals surface area contributed by atoms with Gasteiger partial charge >= 0.3 is 0 Å². The molecule has 5 heteroatoms. The Balaban J connectivity index is 1.95. The molecule has 1 aromatic rings. The maximum atomic E-state index is 13.6. The Morgan fingerprint density at radius 3 is 3.00 bits per heavy atom. The number of benzene rings is 1. The molecule has 0 saturated heterocycles. The molecule has 20 heavy (non-hydrogen) atoms. The van der Waals surface area contributed by atoms with Crippen molar-refractivity contribution >= 4 is 17.5 Å². The quantitative estimate of drug-likeness (QED) is 0.908. The van der Waals surface area contributed by atoms with Crippen LogP contribution < -0.4 is 5.32 Å². The molecule has 1 N–H and O–H groups in total. The van der Waals surface area contributed by atoms with Gasteiger partial charge < -0.3 is 10.1 Å². The SMILES string of the molecule is COC[C@@H]1CCC[C@@H]1NC(=O)Cc1c(F)cccc1Cl. The lowest BCUT2D eigenvalue weighted by Gasteiger charge is -2.20. The van der Waals surface area contributed by atoms with Gasteiger partial charge in [0.05, 0.1) is 13.0 Å². The van der Waals surface area contributed by atoms with Crippen molar-refractivity contribution in [3.63, 3.8) is 0 Å². The number of amides is 1. The molecule has 110 valence electrons. The summed E-state index contributed by atoms with van der Waals surface area (Å²) in [6.07, 6.45) is 3.06. The minimum atomic E-state index is -0.437. The van der Waals surface area contributed by atoms with Crippen LogP contribution in [0.2, 0.25) is 5.02 Å². The zero-order valence-electron chi connectivity index (χ0n) is 11.5. The maximum absolute atomic E-state index is 13.6. The van der Waals surface area contributed by atoms with Crippen molar-refractivity contribution in [3.05, 3.63) is 34.6 Å². The Morgan fingerprint density at radius 1 is 1.50 bits per heavy atom. The zero-order chi connectivity index (χ0) is 14.5. The summed E-state index contributed by atoms with van der Waals surface area (Å²) >= 11 is 5.93. The number of ether oxygens (including phenoxy) is 1. The molecule has 0 bridgehead atoms. The summed E-state index contributed by atoms with van der Waals surface area (Å²) in [5.41, 5.74) is 0.257. The number of hydrogen-bond acceptors (Lipinski definition) is 2. The van der Waals surface area contributed by atoms with E-state index in [2.05, 4.69) is 5.32 Å². The second-order valence-corrected chi connectivity index (χ2v) is 5.60. The van der Waals surface area contributed by atoms with E-state index in [0.717, 1.165) is 19.3 Å². The summed E-state index contributed by atoms with van der Waals surface area (Å²) < 4.78 is 18.8. The molecule has 1 fully saturated rings. The average Bonchev–Trinajstić information content (AvgIpc) is 2.82. The number of carbonyl (C=O) groups is 1. The van der Waals surface area contributed by atoms with Crippen LogP contribution in [0.25, 0.3) is 0 Å². The second-order valence-electron chi connectivity index (χ2n) is 5.20. The van der Waals surface area contributed by atoms with E-state index in [0.29, 0.717) is 17.5 Å². The van der Waals surface area contributed by atoms with Gasteiger partial charge in [0.15, 0.2) is 0 Å². The molecule has 0 spiro atoms. The molecule has 0 aromatic heterocycles. The van der Waals surface area contributed by atoms with Gasteiger partial charge in [0.2, 0.25) is 5.91 Å². The predicted octanol–water partition coefficient (Wildman–Crippen LogP) is 2.95. The molecule has 1 aromatic carbocycles. The molecule has 1 saturated carbocycles. The number of halogens is 2. The van der Waals surface area contributed by atoms with Crippen molar-refractivity contribution in [1.29, 1.82) is 0 Å². The Kier molecular flexibility index (Phi) is 5.38. The van der Waals surface area contributed by atoms with E-state index in [1.807, 2.05) is 0 Å². The minimum Gasteiger partial charge on any atom is -0.384 e. The molecule has 3 nitrogen and oxygen atoms in total. The molecule has 2 atom stereocenters. The standard InChI is InChI=1S/C15H19ClFNO2/c1-20-9-10-4-2-7-14(10)18-15(19)8-11-12(16)5-3-6-13(11)17/h3,5-6,10,14H,2,4,7-9H2,1H3,(H,18,19)/t10-,14-/m0/s1. The Morgan fingerprint density at radius 2 is 2.30 bits per heavy atom. The highest BCUT2D eigenvalue weighted by Crippen LogP contribution is 2.26. The highest BCUT2D eigenvalue weighted by atomic mass is 35.5. The van der Waals surface area contributed by atoms with Crippen LogP contribution in [0.1, 0.15) is 24.8 Å². The van der Waals surface area contributed by atoms with Crippen LogP contribution in [0.3, 0.4) is 0 Å². The van der Waals surface area contributed by atoms with Crippen LogP contribution in [0.15, 0.2) is 18.2 Å². The van der Waals surface area contributed by atoms with Gasteiger partial charge in [0.1, 0.15) is 5.82 Å². The first-order chi connectivity index (χ1) is 9.61. The fourth-order valence-corrected chi connectivity index (χ4v) is 2.99. The van der Waals surface area contributed by atoms with Crippen LogP contribution in [-0.4, -0.2) is 25.7 Å². The minimum absolute atomic E-state index is 0.0261. The van der Waals surface area contributed by atoms with Crippen molar-refractivity contribution < 1.29 is 13.9 Å². The summed E-state index contributed by atoms with van der Waals surface area (Å²) in [6, 6.07) is 4.56. The molecule has 0 aliphatic heterocycles. The summed E-state index contributed by atoms with van der Waals surface area (Å²) in [7, 11) is 1.66. The van der Waals surface area contributed by atoms with E-state index in [4.69, 9.17) is 16.3 Å². The van der Waals surface area contributed by atoms with Gasteiger partial charge in [-0.3, -0.25) is 4.79 Å². The fraction of sp³-hybridized carbons (Fsp3) is 0.533. The average molecular weight is 300 g/mol. The topological polar surface area (TPSA) is 38.3 Å². The Hall–Kier alpha value is -1.13. The Bertz CT molecular complexity index is 461. The van der Waals surface area contributed by atoms with Crippen LogP contribution in [-0.2, 0) is 16.0 Å². The van der Waals surface area contributed by atoms with Crippen LogP contribution in [0.5, 0.6) is 0 Å². The molecule has 2 rings (SSSR count). The summed E-state index contributed by atoms with van der Waals surface area (Å²) in [5.74, 6) is -0.280. The normalized spacial score (nSPS) is 21.9. The van der Waals surface area contributed by atoms with Crippen LogP contribution in [0, 0.1) is 11.7 Å². The first-order valence-electron chi connectivity index (χ1n) is 6.83. The molecule has 0 unspecified atom stereocenters. The van der Waals surface area contributed by atoms with E-state index in [9.17, 15) is 9.18 Å². The van der Waals surface area contributed by atoms with E-state index in [-0.39, 0.29) is 23.9 Å². The van der Waals surface area contributed by atoms with Gasteiger partial charge in [-0.25, -0.2) is 4.39 Å². The largest absolute Gasteiger partial charge is 0.384 e. The Labute approximate surface area is 123 Å². The first kappa shape index (κ1) is 15.3. The summed E-state index contributed by atoms with van der Waals surface area (Å²) in [4.78, 5) is 12.0. The van der Waals surface area contributed by atoms with Crippen LogP contribution >= 0.6 is 11.6 Å². The van der Waals surface area contributed by atoms with Gasteiger partial charge in [0.25, 0.3) is 0 Å². The van der Waals surface area contributed by atoms with E-state index < -0.39 is 5.82 Å². The van der Waals surface area contributed by atoms with Gasteiger partial charge in [-0.05, 0) is 25.0 Å². The predicted molar refractivity (Wildman–Crippen MR) is 76.3 cm³/mol. The zero-order valence-corrected chi connectivity index (χ0v) is 12.3. The fourth-order valence-electron chi connectivity index (χ4n) is 2.76. The van der Waals surface area contributed by atoms with Gasteiger partial charge in [-0.15, -0.1) is 0 Å². The third-order valence-corrected chi connectivity index (χ3v) is 4.14. The highest BCUT2D eigenvalue weighted by molar-refractivity contribution is 6.31. The third kappa shape index (κ3) is 3.70. The van der Waals surface area contributed by atoms with Gasteiger partial charge in [-0.1, -0.05) is 24.1 Å². The molecule has 1 amide bonds. The molecule has 0 heterocycles. The number of hydrogen-bond donors (Lipinski definition) is 1. The van der Waals surface area contributed by atoms with Crippen molar-refractivity contribution in [2.75, 3.05) is 13.7 Å². The maximum Gasteiger partial charge on any atom is 0.224 e. The van der Waals surface area contributed by atoms with Gasteiger partial charge in [0, 0.05) is 29.7 Å². The molecular formula is C15H19ClFNO2. The molecule has 1 aliphatic carbocycles. The number of carbonyl (C=O) groups excluding carboxylic acids is 1. The second kappa shape index (κ2) is 7.04. The monoisotopic (exact) mass is 299 g/mol. The summed E-state index contributed by atoms with van der Waals surface area (Å²) in [5, 5.41) is 3.26. The molecule has 1 aliphatic rings. The lowest BCUT2D eigenvalue weighted by atomic mass is 10.0. The number of nitrogens with one attached hydrogen (secondary N) is 1. The third-order valence-electron chi connectivity index (χ3n) is 3.79. The highest BCUT2D eigenvalue weighted by Gasteiger charge is 2.28. The van der Waals surface area contributed by atoms with Crippen molar-refractivity contribution in [2.24, 2.45) is 5.92 Å². The first-order valence-corrected chi connectivity index (χ1v) is 7.20. The number of methoxy groups -OCH3 is 1. The van der Waals surface area contributed by atoms with E-state index >= 15 is 0 Å². The van der Waals surface area contributed by atoms with Gasteiger partial charge in [-0.2, -0.15) is 0 Å². The van der Waals surface area contributed by atoms with E-state index in [1.54, 1.807) is 13.2 Å². The lowest BCUT2D eigenvalue weighted by molar-refractivity contribution is -0.121. The molecule has 0 radical (unpaired) electrons. The van der Waals surface area contributed by atoms with Crippen molar-refractivity contribution in [3.8, 4) is 0 Å². The smallest absolute Gasteiger partial charge is 0.224 e.